The maximum Gasteiger partial charge on any atom is 0.0726 e. The van der Waals surface area contributed by atoms with E-state index in [1.165, 1.54) is 88.2 Å². The molecule has 0 fully saturated rings. The largest absolute Gasteiger partial charge is 0.309 e. The minimum atomic E-state index is -0.439. The van der Waals surface area contributed by atoms with Crippen LogP contribution in [0.4, 0.5) is 17.1 Å². The smallest absolute Gasteiger partial charge is 0.0726 e. The lowest BCUT2D eigenvalue weighted by Crippen LogP contribution is -2.26. The van der Waals surface area contributed by atoms with Crippen LogP contribution in [-0.2, 0) is 5.41 Å². The zero-order valence-electron chi connectivity index (χ0n) is 27.3. The van der Waals surface area contributed by atoms with Gasteiger partial charge >= 0.3 is 0 Å². The number of hydrogen-bond donors (Lipinski definition) is 0. The highest BCUT2D eigenvalue weighted by molar-refractivity contribution is 6.18. The van der Waals surface area contributed by atoms with E-state index in [0.29, 0.717) is 0 Å². The molecule has 1 spiro atoms. The zero-order valence-corrected chi connectivity index (χ0v) is 27.3. The van der Waals surface area contributed by atoms with E-state index in [9.17, 15) is 0 Å². The molecule has 9 aromatic carbocycles. The molecule has 232 valence electrons. The standard InChI is InChI=1S/C49H31N/c1-2-18-34(19-3-1)50(46-31-33-17-4-6-20-35(33)37-22-8-9-25-40(37)46)48-36-21-7-5-16-32(36)30-45-47(48)41-26-12-15-29-44(41)49(45)42-27-13-10-23-38(42)39-24-11-14-28-43(39)49/h1-31H. The van der Waals surface area contributed by atoms with Crippen LogP contribution < -0.4 is 4.90 Å². The number of benzene rings is 9. The predicted molar refractivity (Wildman–Crippen MR) is 210 cm³/mol. The third-order valence-corrected chi connectivity index (χ3v) is 11.2. The molecular formula is C49H31N. The van der Waals surface area contributed by atoms with Crippen LogP contribution in [-0.4, -0.2) is 0 Å². The average Bonchev–Trinajstić information content (AvgIpc) is 3.65. The Balaban J connectivity index is 1.35. The van der Waals surface area contributed by atoms with Crippen LogP contribution in [0.25, 0.3) is 54.6 Å². The van der Waals surface area contributed by atoms with Crippen molar-refractivity contribution in [2.24, 2.45) is 0 Å². The Labute approximate surface area is 291 Å². The first kappa shape index (κ1) is 27.5. The van der Waals surface area contributed by atoms with Gasteiger partial charge in [0.05, 0.1) is 16.8 Å². The molecule has 0 atom stereocenters. The molecule has 1 heteroatoms. The SMILES string of the molecule is c1ccc(N(c2c3c(cc4ccccc24)C2(c4ccccc4-c4ccccc42)c2ccccc2-3)c2cc3ccccc3c3ccccc23)cc1. The first-order valence-corrected chi connectivity index (χ1v) is 17.5. The zero-order chi connectivity index (χ0) is 32.8. The Morgan fingerprint density at radius 3 is 1.50 bits per heavy atom. The Morgan fingerprint density at radius 2 is 0.820 bits per heavy atom. The molecule has 0 aliphatic heterocycles. The van der Waals surface area contributed by atoms with Gasteiger partial charge in [0.2, 0.25) is 0 Å². The maximum atomic E-state index is 2.55. The highest BCUT2D eigenvalue weighted by Crippen LogP contribution is 2.65. The van der Waals surface area contributed by atoms with Crippen molar-refractivity contribution >= 4 is 49.4 Å². The van der Waals surface area contributed by atoms with E-state index in [0.717, 1.165) is 5.69 Å². The number of nitrogens with zero attached hydrogens (tertiary/aromatic N) is 1. The first-order valence-electron chi connectivity index (χ1n) is 17.5. The lowest BCUT2D eigenvalue weighted by atomic mass is 9.70. The summed E-state index contributed by atoms with van der Waals surface area (Å²) in [6.45, 7) is 0. The fourth-order valence-electron chi connectivity index (χ4n) is 9.30. The third-order valence-electron chi connectivity index (χ3n) is 11.2. The number of hydrogen-bond acceptors (Lipinski definition) is 1. The highest BCUT2D eigenvalue weighted by atomic mass is 15.1. The summed E-state index contributed by atoms with van der Waals surface area (Å²) in [5, 5.41) is 7.46. The van der Waals surface area contributed by atoms with Gasteiger partial charge in [0.25, 0.3) is 0 Å². The van der Waals surface area contributed by atoms with Crippen molar-refractivity contribution in [3.8, 4) is 22.3 Å². The second kappa shape index (κ2) is 10.3. The summed E-state index contributed by atoms with van der Waals surface area (Å²) in [7, 11) is 0. The van der Waals surface area contributed by atoms with E-state index >= 15 is 0 Å². The molecule has 0 aromatic heterocycles. The summed E-state index contributed by atoms with van der Waals surface area (Å²) in [4.78, 5) is 2.55. The van der Waals surface area contributed by atoms with Gasteiger partial charge in [-0.3, -0.25) is 0 Å². The van der Waals surface area contributed by atoms with Gasteiger partial charge in [-0.1, -0.05) is 164 Å². The minimum Gasteiger partial charge on any atom is -0.309 e. The Hall–Kier alpha value is -6.44. The summed E-state index contributed by atoms with van der Waals surface area (Å²) >= 11 is 0. The molecule has 50 heavy (non-hydrogen) atoms. The molecule has 0 bridgehead atoms. The van der Waals surface area contributed by atoms with Gasteiger partial charge in [-0.15, -0.1) is 0 Å². The average molecular weight is 634 g/mol. The summed E-state index contributed by atoms with van der Waals surface area (Å²) in [5.74, 6) is 0. The molecule has 0 unspecified atom stereocenters. The Kier molecular flexibility index (Phi) is 5.66. The Morgan fingerprint density at radius 1 is 0.340 bits per heavy atom. The lowest BCUT2D eigenvalue weighted by molar-refractivity contribution is 0.795. The fraction of sp³-hybridized carbons (Fsp3) is 0.0204. The van der Waals surface area contributed by atoms with Gasteiger partial charge < -0.3 is 4.90 Å². The van der Waals surface area contributed by atoms with Crippen LogP contribution in [0.2, 0.25) is 0 Å². The van der Waals surface area contributed by atoms with E-state index in [-0.39, 0.29) is 0 Å². The second-order valence-electron chi connectivity index (χ2n) is 13.6. The van der Waals surface area contributed by atoms with Crippen LogP contribution in [0, 0.1) is 0 Å². The van der Waals surface area contributed by atoms with Crippen molar-refractivity contribution in [3.05, 3.63) is 210 Å². The molecule has 0 amide bonds. The fourth-order valence-corrected chi connectivity index (χ4v) is 9.30. The molecule has 1 nitrogen and oxygen atoms in total. The number of anilines is 3. The van der Waals surface area contributed by atoms with Gasteiger partial charge in [0.1, 0.15) is 0 Å². The normalized spacial score (nSPS) is 13.4. The molecule has 0 heterocycles. The predicted octanol–water partition coefficient (Wildman–Crippen LogP) is 13.0. The Bertz CT molecular complexity index is 2780. The first-order chi connectivity index (χ1) is 24.8. The topological polar surface area (TPSA) is 3.24 Å². The summed E-state index contributed by atoms with van der Waals surface area (Å²) in [6, 6.07) is 69.8. The molecule has 2 aliphatic rings. The van der Waals surface area contributed by atoms with Crippen molar-refractivity contribution in [1.82, 2.24) is 0 Å². The quantitative estimate of drug-likeness (QED) is 0.175. The minimum absolute atomic E-state index is 0.439. The van der Waals surface area contributed by atoms with Gasteiger partial charge in [-0.2, -0.15) is 0 Å². The number of fused-ring (bicyclic) bond motifs is 14. The highest BCUT2D eigenvalue weighted by Gasteiger charge is 2.52. The van der Waals surface area contributed by atoms with Crippen molar-refractivity contribution in [2.75, 3.05) is 4.90 Å². The summed E-state index contributed by atoms with van der Waals surface area (Å²) < 4.78 is 0. The summed E-state index contributed by atoms with van der Waals surface area (Å²) in [6.07, 6.45) is 0. The molecule has 0 radical (unpaired) electrons. The third kappa shape index (κ3) is 3.51. The van der Waals surface area contributed by atoms with Gasteiger partial charge in [0, 0.05) is 22.0 Å². The van der Waals surface area contributed by atoms with Gasteiger partial charge in [0.15, 0.2) is 0 Å². The van der Waals surface area contributed by atoms with Crippen molar-refractivity contribution in [3.63, 3.8) is 0 Å². The van der Waals surface area contributed by atoms with E-state index in [4.69, 9.17) is 0 Å². The van der Waals surface area contributed by atoms with Crippen LogP contribution in [0.1, 0.15) is 22.3 Å². The van der Waals surface area contributed by atoms with Gasteiger partial charge in [-0.25, -0.2) is 0 Å². The molecule has 0 N–H and O–H groups in total. The number of para-hydroxylation sites is 1. The molecule has 0 saturated carbocycles. The maximum absolute atomic E-state index is 2.55. The van der Waals surface area contributed by atoms with E-state index < -0.39 is 5.41 Å². The second-order valence-corrected chi connectivity index (χ2v) is 13.6. The van der Waals surface area contributed by atoms with Crippen LogP contribution in [0.15, 0.2) is 188 Å². The monoisotopic (exact) mass is 633 g/mol. The van der Waals surface area contributed by atoms with E-state index in [1.54, 1.807) is 0 Å². The summed E-state index contributed by atoms with van der Waals surface area (Å²) in [5.41, 5.74) is 13.7. The lowest BCUT2D eigenvalue weighted by Gasteiger charge is -2.33. The molecule has 11 rings (SSSR count). The van der Waals surface area contributed by atoms with E-state index in [1.807, 2.05) is 0 Å². The van der Waals surface area contributed by atoms with Gasteiger partial charge in [-0.05, 0) is 84.8 Å². The van der Waals surface area contributed by atoms with E-state index in [2.05, 4.69) is 193 Å². The van der Waals surface area contributed by atoms with Crippen molar-refractivity contribution in [2.45, 2.75) is 5.41 Å². The number of rotatable bonds is 3. The van der Waals surface area contributed by atoms with Crippen molar-refractivity contribution in [1.29, 1.82) is 0 Å². The van der Waals surface area contributed by atoms with Crippen LogP contribution in [0.5, 0.6) is 0 Å². The van der Waals surface area contributed by atoms with Crippen LogP contribution >= 0.6 is 0 Å². The van der Waals surface area contributed by atoms with Crippen molar-refractivity contribution < 1.29 is 0 Å². The molecule has 2 aliphatic carbocycles. The molecule has 9 aromatic rings. The molecule has 0 saturated heterocycles. The molecular weight excluding hydrogens is 603 g/mol. The van der Waals surface area contributed by atoms with Crippen LogP contribution in [0.3, 0.4) is 0 Å².